The highest BCUT2D eigenvalue weighted by Gasteiger charge is 2.43. The number of carbonyl (C=O) groups excluding carboxylic acids is 2. The first-order chi connectivity index (χ1) is 27.5. The standard InChI is InChI=1S/C42H44N8O6S/c1-24(2)37(41(54)50-21-30(51)18-33(50)40(53)45-25(3)27-13-15-28(16-14-27)38-26(4)44-23-57-38)35-19-36(48-56-35)55-17-9-5-6-10-29-20-49-22-32(46-42(49)47-39(29)43)31-11-7-8-12-34(31)52/h7-8,11-16,19-20,22-25,30,33,37,51-52H,5,9,17-18,21H2,1-4H3,(H,45,53)(H2,43,46,47)/t25?,30-,33+,37?/m1/s1. The number of nitrogen functional groups attached to an aromatic ring is 1. The fourth-order valence-corrected chi connectivity index (χ4v) is 7.76. The lowest BCUT2D eigenvalue weighted by atomic mass is 9.91. The second kappa shape index (κ2) is 16.9. The van der Waals surface area contributed by atoms with Gasteiger partial charge in [-0.25, -0.2) is 9.97 Å². The largest absolute Gasteiger partial charge is 0.507 e. The maximum Gasteiger partial charge on any atom is 0.254 e. The number of amides is 2. The van der Waals surface area contributed by atoms with E-state index in [1.807, 2.05) is 63.5 Å². The van der Waals surface area contributed by atoms with Crippen molar-refractivity contribution >= 4 is 34.7 Å². The molecule has 1 fully saturated rings. The lowest BCUT2D eigenvalue weighted by molar-refractivity contribution is -0.141. The number of para-hydroxylation sites is 1. The SMILES string of the molecule is Cc1ncsc1-c1ccc(C(C)NC(=O)[C@@H]2C[C@@H](O)CN2C(=O)C(c2cc(OCCCC#Cc3cn4cc(-c5ccccc5O)nc4nc3N)no2)C(C)C)cc1. The average molecular weight is 789 g/mol. The summed E-state index contributed by atoms with van der Waals surface area (Å²) in [5.41, 5.74) is 12.6. The van der Waals surface area contributed by atoms with Crippen molar-refractivity contribution in [1.82, 2.24) is 34.7 Å². The zero-order valence-corrected chi connectivity index (χ0v) is 32.9. The molecular weight excluding hydrogens is 745 g/mol. The van der Waals surface area contributed by atoms with Crippen molar-refractivity contribution in [1.29, 1.82) is 0 Å². The summed E-state index contributed by atoms with van der Waals surface area (Å²) in [6.45, 7) is 7.99. The highest BCUT2D eigenvalue weighted by atomic mass is 32.1. The first-order valence-electron chi connectivity index (χ1n) is 18.8. The van der Waals surface area contributed by atoms with Gasteiger partial charge in [0, 0.05) is 43.4 Å². The minimum absolute atomic E-state index is 0.0348. The van der Waals surface area contributed by atoms with Gasteiger partial charge in [0.15, 0.2) is 5.76 Å². The van der Waals surface area contributed by atoms with E-state index >= 15 is 0 Å². The van der Waals surface area contributed by atoms with Gasteiger partial charge >= 0.3 is 0 Å². The van der Waals surface area contributed by atoms with Gasteiger partial charge in [0.25, 0.3) is 5.88 Å². The van der Waals surface area contributed by atoms with Crippen LogP contribution in [0.5, 0.6) is 11.6 Å². The van der Waals surface area contributed by atoms with E-state index in [1.165, 1.54) is 4.90 Å². The number of aryl methyl sites for hydroxylation is 1. The molecule has 0 spiro atoms. The Labute approximate surface area is 333 Å². The van der Waals surface area contributed by atoms with Gasteiger partial charge in [0.05, 0.1) is 46.1 Å². The van der Waals surface area contributed by atoms with Crippen LogP contribution < -0.4 is 15.8 Å². The molecule has 7 rings (SSSR count). The number of likely N-dealkylation sites (tertiary alicyclic amines) is 1. The van der Waals surface area contributed by atoms with E-state index in [4.69, 9.17) is 15.0 Å². The highest BCUT2D eigenvalue weighted by Crippen LogP contribution is 2.33. The number of nitrogens with two attached hydrogens (primary N) is 1. The second-order valence-electron chi connectivity index (χ2n) is 14.4. The molecule has 6 aromatic rings. The predicted molar refractivity (Wildman–Crippen MR) is 215 cm³/mol. The van der Waals surface area contributed by atoms with Crippen LogP contribution in [-0.2, 0) is 9.59 Å². The van der Waals surface area contributed by atoms with Crippen molar-refractivity contribution in [3.8, 4) is 45.2 Å². The van der Waals surface area contributed by atoms with E-state index < -0.39 is 18.1 Å². The number of aliphatic hydroxyl groups excluding tert-OH is 1. The first kappa shape index (κ1) is 39.0. The van der Waals surface area contributed by atoms with Crippen molar-refractivity contribution in [3.05, 3.63) is 95.1 Å². The maximum atomic E-state index is 14.1. The Kier molecular flexibility index (Phi) is 11.5. The number of unbranched alkanes of at least 4 members (excludes halogenated alkanes) is 1. The molecule has 2 aromatic carbocycles. The molecule has 14 nitrogen and oxygen atoms in total. The number of anilines is 1. The summed E-state index contributed by atoms with van der Waals surface area (Å²) in [6, 6.07) is 15.4. The number of thiazole rings is 1. The molecule has 5 heterocycles. The number of phenolic OH excluding ortho intramolecular Hbond substituents is 1. The highest BCUT2D eigenvalue weighted by molar-refractivity contribution is 7.13. The van der Waals surface area contributed by atoms with E-state index in [-0.39, 0.29) is 54.2 Å². The molecule has 2 unspecified atom stereocenters. The number of hydrogen-bond donors (Lipinski definition) is 4. The fourth-order valence-electron chi connectivity index (χ4n) is 6.95. The number of nitrogens with one attached hydrogen (secondary N) is 1. The Bertz CT molecular complexity index is 2450. The van der Waals surface area contributed by atoms with Crippen LogP contribution in [0.25, 0.3) is 27.5 Å². The maximum absolute atomic E-state index is 14.1. The van der Waals surface area contributed by atoms with Crippen LogP contribution >= 0.6 is 11.3 Å². The average Bonchev–Trinajstić information content (AvgIpc) is 4.00. The molecule has 0 bridgehead atoms. The molecule has 4 atom stereocenters. The Balaban J connectivity index is 0.932. The number of nitrogens with zero attached hydrogens (tertiary/aromatic N) is 6. The number of aromatic nitrogens is 5. The summed E-state index contributed by atoms with van der Waals surface area (Å²) < 4.78 is 13.2. The van der Waals surface area contributed by atoms with Crippen LogP contribution in [0.2, 0.25) is 0 Å². The second-order valence-corrected chi connectivity index (χ2v) is 15.3. The number of β-amino-alcohol motifs (C(OH)–C–C–N with tert-alkyl or cyclic N) is 1. The summed E-state index contributed by atoms with van der Waals surface area (Å²) in [6.07, 6.45) is 3.89. The summed E-state index contributed by atoms with van der Waals surface area (Å²) in [4.78, 5) is 43.4. The molecule has 0 aliphatic carbocycles. The smallest absolute Gasteiger partial charge is 0.254 e. The van der Waals surface area contributed by atoms with E-state index in [9.17, 15) is 19.8 Å². The number of benzene rings is 2. The fraction of sp³-hybridized carbons (Fsp3) is 0.333. The van der Waals surface area contributed by atoms with E-state index in [0.717, 1.165) is 21.7 Å². The minimum Gasteiger partial charge on any atom is -0.507 e. The number of aliphatic hydroxyl groups is 1. The molecule has 15 heteroatoms. The number of phenols is 1. The first-order valence-corrected chi connectivity index (χ1v) is 19.7. The van der Waals surface area contributed by atoms with Crippen molar-refractivity contribution in [2.45, 2.75) is 71.1 Å². The van der Waals surface area contributed by atoms with Crippen LogP contribution in [0.4, 0.5) is 5.82 Å². The van der Waals surface area contributed by atoms with E-state index in [0.29, 0.717) is 47.8 Å². The summed E-state index contributed by atoms with van der Waals surface area (Å²) in [5.74, 6) is 5.87. The number of imidazole rings is 1. The van der Waals surface area contributed by atoms with E-state index in [2.05, 4.69) is 37.3 Å². The summed E-state index contributed by atoms with van der Waals surface area (Å²) in [7, 11) is 0. The molecule has 0 saturated carbocycles. The molecule has 1 aliphatic rings. The lowest BCUT2D eigenvalue weighted by Gasteiger charge is -2.29. The topological polar surface area (TPSA) is 194 Å². The molecule has 1 saturated heterocycles. The van der Waals surface area contributed by atoms with Crippen molar-refractivity contribution in [2.24, 2.45) is 5.92 Å². The molecular formula is C42H44N8O6S. The number of rotatable bonds is 12. The van der Waals surface area contributed by atoms with Gasteiger partial charge in [-0.15, -0.1) is 11.3 Å². The molecule has 1 aliphatic heterocycles. The Morgan fingerprint density at radius 1 is 1.12 bits per heavy atom. The van der Waals surface area contributed by atoms with Crippen LogP contribution in [0.3, 0.4) is 0 Å². The third-order valence-corrected chi connectivity index (χ3v) is 10.9. The number of carbonyl (C=O) groups is 2. The number of aromatic hydroxyl groups is 1. The van der Waals surface area contributed by atoms with Gasteiger partial charge in [-0.3, -0.25) is 14.0 Å². The molecule has 2 amide bonds. The van der Waals surface area contributed by atoms with Crippen molar-refractivity contribution in [2.75, 3.05) is 18.9 Å². The zero-order valence-electron chi connectivity index (χ0n) is 32.0. The number of fused-ring (bicyclic) bond motifs is 1. The lowest BCUT2D eigenvalue weighted by Crippen LogP contribution is -2.48. The Morgan fingerprint density at radius 2 is 1.91 bits per heavy atom. The van der Waals surface area contributed by atoms with E-state index in [1.54, 1.807) is 52.4 Å². The van der Waals surface area contributed by atoms with Crippen LogP contribution in [0.1, 0.15) is 74.6 Å². The Hall–Kier alpha value is -6.24. The quantitative estimate of drug-likeness (QED) is 0.0853. The van der Waals surface area contributed by atoms with Gasteiger partial charge in [0.1, 0.15) is 23.5 Å². The van der Waals surface area contributed by atoms with Gasteiger partial charge in [-0.1, -0.05) is 62.1 Å². The van der Waals surface area contributed by atoms with Crippen LogP contribution in [-0.4, -0.2) is 76.7 Å². The Morgan fingerprint density at radius 3 is 2.65 bits per heavy atom. The van der Waals surface area contributed by atoms with Gasteiger partial charge in [-0.05, 0) is 54.6 Å². The normalized spacial score (nSPS) is 16.4. The van der Waals surface area contributed by atoms with Gasteiger partial charge in [-0.2, -0.15) is 4.98 Å². The molecule has 294 valence electrons. The molecule has 0 radical (unpaired) electrons. The zero-order chi connectivity index (χ0) is 40.2. The molecule has 57 heavy (non-hydrogen) atoms. The predicted octanol–water partition coefficient (Wildman–Crippen LogP) is 5.89. The summed E-state index contributed by atoms with van der Waals surface area (Å²) in [5, 5.41) is 27.9. The van der Waals surface area contributed by atoms with Gasteiger partial charge in [0.2, 0.25) is 17.6 Å². The summed E-state index contributed by atoms with van der Waals surface area (Å²) >= 11 is 1.58. The van der Waals surface area contributed by atoms with Crippen molar-refractivity contribution in [3.63, 3.8) is 0 Å². The van der Waals surface area contributed by atoms with Crippen LogP contribution in [0.15, 0.2) is 77.0 Å². The molecule has 5 N–H and O–H groups in total. The third-order valence-electron chi connectivity index (χ3n) is 9.96. The monoisotopic (exact) mass is 788 g/mol. The van der Waals surface area contributed by atoms with Crippen LogP contribution in [0, 0.1) is 24.7 Å². The van der Waals surface area contributed by atoms with Crippen molar-refractivity contribution < 1.29 is 29.1 Å². The minimum atomic E-state index is -0.843. The number of hydrogen-bond acceptors (Lipinski definition) is 12. The molecule has 4 aromatic heterocycles. The van der Waals surface area contributed by atoms with Gasteiger partial charge < -0.3 is 35.4 Å². The third kappa shape index (κ3) is 8.62. The number of ether oxygens (including phenoxy) is 1.